The van der Waals surface area contributed by atoms with Crippen LogP contribution in [0.25, 0.3) is 49.8 Å². The number of fused-ring (bicyclic) bond motifs is 5. The van der Waals surface area contributed by atoms with Gasteiger partial charge in [0.1, 0.15) is 0 Å². The molecule has 8 aromatic rings. The van der Waals surface area contributed by atoms with Crippen molar-refractivity contribution in [2.24, 2.45) is 6.98 Å². The molecule has 3 aromatic heterocycles. The fourth-order valence-corrected chi connectivity index (χ4v) is 8.65. The quantitative estimate of drug-likeness (QED) is 0.128. The van der Waals surface area contributed by atoms with Crippen LogP contribution in [0.1, 0.15) is 66.9 Å². The number of imidazole rings is 1. The molecule has 0 amide bonds. The first-order chi connectivity index (χ1) is 26.5. The Kier molecular flexibility index (Phi) is 7.33. The van der Waals surface area contributed by atoms with E-state index in [0.717, 1.165) is 75.5 Å². The summed E-state index contributed by atoms with van der Waals surface area (Å²) in [5, 5.41) is 2.18. The second-order valence-electron chi connectivity index (χ2n) is 14.7. The van der Waals surface area contributed by atoms with Gasteiger partial charge in [0.2, 0.25) is 0 Å². The summed E-state index contributed by atoms with van der Waals surface area (Å²) < 4.78 is 38.3. The minimum atomic E-state index is -2.31. The van der Waals surface area contributed by atoms with Crippen molar-refractivity contribution in [2.75, 3.05) is 0 Å². The van der Waals surface area contributed by atoms with Crippen LogP contribution in [0.3, 0.4) is 0 Å². The van der Waals surface area contributed by atoms with E-state index in [2.05, 4.69) is 128 Å². The molecule has 5 nitrogen and oxygen atoms in total. The monoisotopic (exact) mass is 862 g/mol. The van der Waals surface area contributed by atoms with E-state index in [4.69, 9.17) is 13.8 Å². The van der Waals surface area contributed by atoms with Gasteiger partial charge in [-0.3, -0.25) is 0 Å². The molecular weight excluding hydrogens is 820 g/mol. The Morgan fingerprint density at radius 3 is 2.40 bits per heavy atom. The van der Waals surface area contributed by atoms with Crippen LogP contribution in [-0.2, 0) is 38.2 Å². The second-order valence-corrected chi connectivity index (χ2v) is 15.7. The van der Waals surface area contributed by atoms with Crippen molar-refractivity contribution in [3.63, 3.8) is 0 Å². The molecule has 262 valence electrons. The maximum absolute atomic E-state index is 8.36. The zero-order valence-corrected chi connectivity index (χ0v) is 31.7. The Morgan fingerprint density at radius 2 is 1.58 bits per heavy atom. The number of pyridine rings is 1. The van der Waals surface area contributed by atoms with Crippen LogP contribution in [-0.4, -0.2) is 18.7 Å². The molecule has 1 aliphatic rings. The molecule has 0 saturated heterocycles. The zero-order valence-electron chi connectivity index (χ0n) is 32.4. The van der Waals surface area contributed by atoms with Crippen molar-refractivity contribution >= 4 is 32.8 Å². The van der Waals surface area contributed by atoms with Gasteiger partial charge in [0.25, 0.3) is 0 Å². The summed E-state index contributed by atoms with van der Waals surface area (Å²) >= 11 is 2.18. The number of hydrogen-bond donors (Lipinski definition) is 0. The van der Waals surface area contributed by atoms with Gasteiger partial charge in [-0.2, -0.15) is 0 Å². The molecule has 6 heteroatoms. The summed E-state index contributed by atoms with van der Waals surface area (Å²) in [6.45, 7) is 4.34. The van der Waals surface area contributed by atoms with Crippen molar-refractivity contribution in [1.29, 1.82) is 0 Å². The summed E-state index contributed by atoms with van der Waals surface area (Å²) in [4.78, 5) is 4.89. The van der Waals surface area contributed by atoms with E-state index in [1.54, 1.807) is 0 Å². The van der Waals surface area contributed by atoms with Crippen LogP contribution in [0.5, 0.6) is 11.5 Å². The van der Waals surface area contributed by atoms with Gasteiger partial charge in [-0.1, -0.05) is 63.2 Å². The van der Waals surface area contributed by atoms with Crippen LogP contribution < -0.4 is 4.74 Å². The molecule has 1 unspecified atom stereocenters. The maximum atomic E-state index is 8.36. The third-order valence-corrected chi connectivity index (χ3v) is 11.5. The zero-order chi connectivity index (χ0) is 38.1. The van der Waals surface area contributed by atoms with Crippen LogP contribution in [0.4, 0.5) is 0 Å². The molecule has 0 spiro atoms. The summed E-state index contributed by atoms with van der Waals surface area (Å²) in [6.07, 6.45) is 5.76. The van der Waals surface area contributed by atoms with Crippen molar-refractivity contribution in [3.8, 4) is 28.4 Å². The molecule has 0 bridgehead atoms. The number of para-hydroxylation sites is 2. The van der Waals surface area contributed by atoms with Gasteiger partial charge in [-0.05, 0) is 40.3 Å². The van der Waals surface area contributed by atoms with Gasteiger partial charge in [-0.25, -0.2) is 4.98 Å². The summed E-state index contributed by atoms with van der Waals surface area (Å²) in [6, 6.07) is 44.6. The predicted molar refractivity (Wildman–Crippen MR) is 207 cm³/mol. The number of ether oxygens (including phenoxy) is 1. The van der Waals surface area contributed by atoms with Gasteiger partial charge in [-0.15, -0.1) is 0 Å². The molecule has 52 heavy (non-hydrogen) atoms. The molecule has 9 rings (SSSR count). The Bertz CT molecular complexity index is 2810. The number of rotatable bonds is 5. The Labute approximate surface area is 319 Å². The molecule has 0 fully saturated rings. The summed E-state index contributed by atoms with van der Waals surface area (Å²) in [5.74, 6) is 2.00. The summed E-state index contributed by atoms with van der Waals surface area (Å²) in [7, 11) is 0. The van der Waals surface area contributed by atoms with Crippen molar-refractivity contribution < 1.29 is 28.2 Å². The van der Waals surface area contributed by atoms with E-state index >= 15 is 0 Å². The van der Waals surface area contributed by atoms with E-state index in [1.165, 1.54) is 15.7 Å². The second kappa shape index (κ2) is 12.9. The molecular formula is C46H40N4OPt-2. The SMILES string of the molecule is [2H]C([2H])([2H])n1[c](=[Pt])n(C2CCCCc3ccc(Oc4[c-]c5c(cc4)c4cc(-c6ccccc6)ccc4n5-c4cc(C(C)(C)C)ccn4)[c-]c32)c2ccccc21. The number of benzene rings is 5. The van der Waals surface area contributed by atoms with Crippen molar-refractivity contribution in [1.82, 2.24) is 18.7 Å². The molecule has 0 radical (unpaired) electrons. The molecule has 0 saturated carbocycles. The number of hydrogen-bond acceptors (Lipinski definition) is 2. The first-order valence-electron chi connectivity index (χ1n) is 19.4. The van der Waals surface area contributed by atoms with Crippen LogP contribution in [0.15, 0.2) is 115 Å². The molecule has 3 heterocycles. The van der Waals surface area contributed by atoms with E-state index in [1.807, 2.05) is 48.7 Å². The van der Waals surface area contributed by atoms with E-state index < -0.39 is 6.98 Å². The fraction of sp³-hybridized carbons (Fsp3) is 0.217. The van der Waals surface area contributed by atoms with Gasteiger partial charge in [0.15, 0.2) is 0 Å². The third-order valence-electron chi connectivity index (χ3n) is 10.4. The third kappa shape index (κ3) is 5.67. The normalized spacial score (nSPS) is 16.0. The minimum absolute atomic E-state index is 0.0496. The fourth-order valence-electron chi connectivity index (χ4n) is 7.74. The topological polar surface area (TPSA) is 36.9 Å². The molecule has 5 aromatic carbocycles. The molecule has 0 N–H and O–H groups in total. The Morgan fingerprint density at radius 1 is 0.788 bits per heavy atom. The average Bonchev–Trinajstić information content (AvgIpc) is 3.56. The number of nitrogens with zero attached hydrogens (tertiary/aromatic N) is 4. The van der Waals surface area contributed by atoms with Crippen LogP contribution >= 0.6 is 0 Å². The standard InChI is InChI=1S/C46H40N4O.Pt/c1-46(2,3)34-24-25-47-45(27-34)50-41-23-19-33(31-12-6-5-7-13-31)26-39(41)37-22-21-36(29-44(37)50)51-35-20-18-32-14-8-9-15-40(38(32)28-35)49-30-48(4)42-16-10-11-17-43(42)49;/h5-7,10-13,16-27,40H,8-9,14-15H2,1-4H3;/q-2;/i4D3;. The summed E-state index contributed by atoms with van der Waals surface area (Å²) in [5.41, 5.74) is 9.23. The first-order valence-corrected chi connectivity index (χ1v) is 19.0. The van der Waals surface area contributed by atoms with Gasteiger partial charge in [0, 0.05) is 6.20 Å². The Balaban J connectivity index is 1.17. The molecule has 1 atom stereocenters. The van der Waals surface area contributed by atoms with Crippen LogP contribution in [0, 0.1) is 15.9 Å². The Hall–Kier alpha value is -4.99. The number of aromatic nitrogens is 4. The van der Waals surface area contributed by atoms with Gasteiger partial charge in [0.05, 0.1) is 0 Å². The van der Waals surface area contributed by atoms with Gasteiger partial charge >= 0.3 is 206 Å². The van der Waals surface area contributed by atoms with E-state index in [0.29, 0.717) is 20.8 Å². The van der Waals surface area contributed by atoms with E-state index in [9.17, 15) is 0 Å². The predicted octanol–water partition coefficient (Wildman–Crippen LogP) is 11.2. The number of aryl methyl sites for hydroxylation is 2. The molecule has 1 aliphatic carbocycles. The first kappa shape index (κ1) is 29.6. The van der Waals surface area contributed by atoms with Gasteiger partial charge < -0.3 is 0 Å². The average molecular weight is 863 g/mol. The van der Waals surface area contributed by atoms with E-state index in [-0.39, 0.29) is 11.5 Å². The van der Waals surface area contributed by atoms with Crippen LogP contribution in [0.2, 0.25) is 0 Å². The molecule has 0 aliphatic heterocycles. The van der Waals surface area contributed by atoms with Crippen molar-refractivity contribution in [2.45, 2.75) is 57.9 Å². The van der Waals surface area contributed by atoms with Crippen molar-refractivity contribution in [3.05, 3.63) is 148 Å².